The zero-order valence-electron chi connectivity index (χ0n) is 13.4. The summed E-state index contributed by atoms with van der Waals surface area (Å²) in [6, 6.07) is 8.40. The first-order valence-corrected chi connectivity index (χ1v) is 9.25. The quantitative estimate of drug-likeness (QED) is 0.849. The molecule has 3 N–H and O–H groups in total. The van der Waals surface area contributed by atoms with Crippen molar-refractivity contribution in [1.82, 2.24) is 9.97 Å². The average Bonchev–Trinajstić information content (AvgIpc) is 3.06. The van der Waals surface area contributed by atoms with Crippen LogP contribution in [0.15, 0.2) is 35.2 Å². The van der Waals surface area contributed by atoms with E-state index in [-0.39, 0.29) is 4.90 Å². The molecule has 1 fully saturated rings. The molecule has 1 unspecified atom stereocenters. The van der Waals surface area contributed by atoms with E-state index in [0.717, 1.165) is 30.1 Å². The van der Waals surface area contributed by atoms with Gasteiger partial charge in [-0.2, -0.15) is 0 Å². The molecule has 2 aromatic rings. The molecular formula is C16H20N4O3S. The Morgan fingerprint density at radius 1 is 1.29 bits per heavy atom. The third kappa shape index (κ3) is 4.08. The number of hydrogen-bond acceptors (Lipinski definition) is 6. The number of primary sulfonamides is 1. The zero-order valence-corrected chi connectivity index (χ0v) is 14.2. The summed E-state index contributed by atoms with van der Waals surface area (Å²) < 4.78 is 27.9. The molecule has 0 aliphatic carbocycles. The molecule has 3 rings (SSSR count). The lowest BCUT2D eigenvalue weighted by molar-refractivity contribution is 0.193. The second-order valence-electron chi connectivity index (χ2n) is 5.83. The summed E-state index contributed by atoms with van der Waals surface area (Å²) in [5.41, 5.74) is 1.93. The van der Waals surface area contributed by atoms with Crippen LogP contribution in [0.25, 0.3) is 0 Å². The Balaban J connectivity index is 1.70. The second kappa shape index (κ2) is 6.84. The van der Waals surface area contributed by atoms with E-state index in [1.165, 1.54) is 12.1 Å². The number of aryl methyl sites for hydroxylation is 1. The molecule has 8 heteroatoms. The second-order valence-corrected chi connectivity index (χ2v) is 7.39. The number of sulfonamides is 1. The average molecular weight is 348 g/mol. The summed E-state index contributed by atoms with van der Waals surface area (Å²) in [7, 11) is -3.66. The third-order valence-corrected chi connectivity index (χ3v) is 4.86. The molecule has 0 saturated carbocycles. The number of aromatic nitrogens is 2. The smallest absolute Gasteiger partial charge is 0.238 e. The monoisotopic (exact) mass is 348 g/mol. The van der Waals surface area contributed by atoms with E-state index in [0.29, 0.717) is 24.9 Å². The van der Waals surface area contributed by atoms with Crippen LogP contribution in [0, 0.1) is 6.92 Å². The fourth-order valence-corrected chi connectivity index (χ4v) is 3.16. The first-order chi connectivity index (χ1) is 11.4. The minimum atomic E-state index is -3.66. The molecule has 1 aromatic carbocycles. The highest BCUT2D eigenvalue weighted by molar-refractivity contribution is 7.89. The lowest BCUT2D eigenvalue weighted by Gasteiger charge is -2.12. The van der Waals surface area contributed by atoms with E-state index in [2.05, 4.69) is 15.3 Å². The molecule has 1 saturated heterocycles. The molecular weight excluding hydrogens is 328 g/mol. The van der Waals surface area contributed by atoms with Gasteiger partial charge in [-0.15, -0.1) is 0 Å². The maximum atomic E-state index is 11.3. The molecule has 1 aliphatic heterocycles. The van der Waals surface area contributed by atoms with Gasteiger partial charge in [0.15, 0.2) is 0 Å². The number of ether oxygens (including phenoxy) is 1. The van der Waals surface area contributed by atoms with Crippen LogP contribution in [0.1, 0.15) is 29.4 Å². The van der Waals surface area contributed by atoms with Crippen molar-refractivity contribution in [2.45, 2.75) is 30.7 Å². The van der Waals surface area contributed by atoms with Gasteiger partial charge in [0.1, 0.15) is 11.6 Å². The SMILES string of the molecule is Cc1nc(NCc2ccc(S(N)(=O)=O)cc2)cc(C2CCOC2)n1. The van der Waals surface area contributed by atoms with Crippen molar-refractivity contribution < 1.29 is 13.2 Å². The lowest BCUT2D eigenvalue weighted by atomic mass is 10.0. The van der Waals surface area contributed by atoms with Crippen molar-refractivity contribution in [3.63, 3.8) is 0 Å². The van der Waals surface area contributed by atoms with E-state index < -0.39 is 10.0 Å². The largest absolute Gasteiger partial charge is 0.381 e. The highest BCUT2D eigenvalue weighted by atomic mass is 32.2. The van der Waals surface area contributed by atoms with E-state index in [9.17, 15) is 8.42 Å². The molecule has 1 atom stereocenters. The summed E-state index contributed by atoms with van der Waals surface area (Å²) in [5.74, 6) is 1.78. The predicted octanol–water partition coefficient (Wildman–Crippen LogP) is 1.55. The highest BCUT2D eigenvalue weighted by Gasteiger charge is 2.20. The van der Waals surface area contributed by atoms with Gasteiger partial charge in [-0.3, -0.25) is 0 Å². The fourth-order valence-electron chi connectivity index (χ4n) is 2.65. The van der Waals surface area contributed by atoms with Crippen LogP contribution < -0.4 is 10.5 Å². The van der Waals surface area contributed by atoms with Gasteiger partial charge in [0.25, 0.3) is 0 Å². The van der Waals surface area contributed by atoms with Crippen molar-refractivity contribution in [2.75, 3.05) is 18.5 Å². The Hall–Kier alpha value is -2.03. The Bertz CT molecular complexity index is 816. The summed E-state index contributed by atoms with van der Waals surface area (Å²) in [6.07, 6.45) is 0.977. The van der Waals surface area contributed by atoms with Gasteiger partial charge in [0, 0.05) is 25.1 Å². The minimum Gasteiger partial charge on any atom is -0.381 e. The number of nitrogens with one attached hydrogen (secondary N) is 1. The summed E-state index contributed by atoms with van der Waals surface area (Å²) in [5, 5.41) is 8.35. The van der Waals surface area contributed by atoms with E-state index >= 15 is 0 Å². The maximum Gasteiger partial charge on any atom is 0.238 e. The van der Waals surface area contributed by atoms with Crippen LogP contribution >= 0.6 is 0 Å². The molecule has 0 spiro atoms. The Labute approximate surface area is 141 Å². The van der Waals surface area contributed by atoms with Crippen LogP contribution in [-0.2, 0) is 21.3 Å². The Morgan fingerprint density at radius 3 is 2.67 bits per heavy atom. The highest BCUT2D eigenvalue weighted by Crippen LogP contribution is 2.25. The van der Waals surface area contributed by atoms with Crippen molar-refractivity contribution in [3.05, 3.63) is 47.4 Å². The standard InChI is InChI=1S/C16H20N4O3S/c1-11-19-15(13-6-7-23-10-13)8-16(20-11)18-9-12-2-4-14(5-3-12)24(17,21)22/h2-5,8,13H,6-7,9-10H2,1H3,(H2,17,21,22)(H,18,19,20). The third-order valence-electron chi connectivity index (χ3n) is 3.93. The number of benzene rings is 1. The zero-order chi connectivity index (χ0) is 17.2. The van der Waals surface area contributed by atoms with Crippen molar-refractivity contribution in [3.8, 4) is 0 Å². The molecule has 128 valence electrons. The summed E-state index contributed by atoms with van der Waals surface area (Å²) in [4.78, 5) is 9.00. The molecule has 1 aliphatic rings. The number of rotatable bonds is 5. The van der Waals surface area contributed by atoms with Crippen LogP contribution in [0.5, 0.6) is 0 Å². The normalized spacial score (nSPS) is 17.8. The Morgan fingerprint density at radius 2 is 2.04 bits per heavy atom. The van der Waals surface area contributed by atoms with Crippen molar-refractivity contribution >= 4 is 15.8 Å². The number of anilines is 1. The van der Waals surface area contributed by atoms with Gasteiger partial charge in [0.05, 0.1) is 17.2 Å². The Kier molecular flexibility index (Phi) is 4.79. The fraction of sp³-hybridized carbons (Fsp3) is 0.375. The molecule has 0 bridgehead atoms. The van der Waals surface area contributed by atoms with E-state index in [4.69, 9.17) is 9.88 Å². The van der Waals surface area contributed by atoms with Gasteiger partial charge < -0.3 is 10.1 Å². The van der Waals surface area contributed by atoms with Crippen LogP contribution in [0.2, 0.25) is 0 Å². The summed E-state index contributed by atoms with van der Waals surface area (Å²) >= 11 is 0. The van der Waals surface area contributed by atoms with Crippen molar-refractivity contribution in [2.24, 2.45) is 5.14 Å². The van der Waals surface area contributed by atoms with Crippen LogP contribution in [0.3, 0.4) is 0 Å². The van der Waals surface area contributed by atoms with Gasteiger partial charge >= 0.3 is 0 Å². The van der Waals surface area contributed by atoms with E-state index in [1.54, 1.807) is 12.1 Å². The van der Waals surface area contributed by atoms with Gasteiger partial charge in [0.2, 0.25) is 10.0 Å². The maximum absolute atomic E-state index is 11.3. The van der Waals surface area contributed by atoms with Crippen molar-refractivity contribution in [1.29, 1.82) is 0 Å². The lowest BCUT2D eigenvalue weighted by Crippen LogP contribution is -2.12. The van der Waals surface area contributed by atoms with Gasteiger partial charge in [-0.1, -0.05) is 12.1 Å². The molecule has 7 nitrogen and oxygen atoms in total. The minimum absolute atomic E-state index is 0.104. The van der Waals surface area contributed by atoms with Crippen LogP contribution in [-0.4, -0.2) is 31.6 Å². The van der Waals surface area contributed by atoms with E-state index in [1.807, 2.05) is 13.0 Å². The molecule has 0 radical (unpaired) electrons. The number of hydrogen-bond donors (Lipinski definition) is 2. The van der Waals surface area contributed by atoms with Crippen LogP contribution in [0.4, 0.5) is 5.82 Å². The molecule has 24 heavy (non-hydrogen) atoms. The summed E-state index contributed by atoms with van der Waals surface area (Å²) in [6.45, 7) is 3.87. The first kappa shape index (κ1) is 16.8. The molecule has 0 amide bonds. The number of nitrogens with two attached hydrogens (primary N) is 1. The number of nitrogens with zero attached hydrogens (tertiary/aromatic N) is 2. The topological polar surface area (TPSA) is 107 Å². The van der Waals surface area contributed by atoms with Gasteiger partial charge in [-0.05, 0) is 31.0 Å². The molecule has 1 aromatic heterocycles. The van der Waals surface area contributed by atoms with Gasteiger partial charge in [-0.25, -0.2) is 23.5 Å². The predicted molar refractivity (Wildman–Crippen MR) is 90.1 cm³/mol. The molecule has 2 heterocycles. The first-order valence-electron chi connectivity index (χ1n) is 7.71.